The quantitative estimate of drug-likeness (QED) is 0.852. The van der Waals surface area contributed by atoms with Crippen LogP contribution in [0.1, 0.15) is 6.92 Å². The number of anilines is 3. The van der Waals surface area contributed by atoms with Gasteiger partial charge in [-0.15, -0.1) is 0 Å². The molecule has 0 unspecified atom stereocenters. The van der Waals surface area contributed by atoms with Gasteiger partial charge in [-0.05, 0) is 48.6 Å². The number of nitrogens with zero attached hydrogens (tertiary/aromatic N) is 1. The van der Waals surface area contributed by atoms with Crippen molar-refractivity contribution in [1.82, 2.24) is 0 Å². The van der Waals surface area contributed by atoms with Gasteiger partial charge in [-0.25, -0.2) is 0 Å². The second kappa shape index (κ2) is 6.85. The highest BCUT2D eigenvalue weighted by atomic mass is 32.1. The van der Waals surface area contributed by atoms with Crippen molar-refractivity contribution in [3.8, 4) is 0 Å². The summed E-state index contributed by atoms with van der Waals surface area (Å²) in [7, 11) is 1.74. The lowest BCUT2D eigenvalue weighted by Crippen LogP contribution is -2.23. The van der Waals surface area contributed by atoms with E-state index in [1.54, 1.807) is 11.9 Å². The minimum Gasteiger partial charge on any atom is -0.332 e. The zero-order valence-corrected chi connectivity index (χ0v) is 12.8. The summed E-state index contributed by atoms with van der Waals surface area (Å²) in [6, 6.07) is 17.2. The lowest BCUT2D eigenvalue weighted by Gasteiger charge is -2.16. The van der Waals surface area contributed by atoms with Crippen molar-refractivity contribution >= 4 is 40.3 Å². The molecule has 0 aliphatic heterocycles. The number of carbonyl (C=O) groups is 1. The Morgan fingerprint density at radius 1 is 0.952 bits per heavy atom. The summed E-state index contributed by atoms with van der Waals surface area (Å²) in [4.78, 5) is 12.9. The molecule has 0 radical (unpaired) electrons. The predicted molar refractivity (Wildman–Crippen MR) is 91.8 cm³/mol. The molecule has 0 heterocycles. The molecule has 2 aromatic rings. The highest BCUT2D eigenvalue weighted by Crippen LogP contribution is 2.17. The van der Waals surface area contributed by atoms with Gasteiger partial charge in [0.15, 0.2) is 5.11 Å². The number of hydrogen-bond donors (Lipinski definition) is 2. The molecule has 2 rings (SSSR count). The van der Waals surface area contributed by atoms with Gasteiger partial charge >= 0.3 is 0 Å². The molecule has 0 saturated carbocycles. The maximum absolute atomic E-state index is 11.3. The van der Waals surface area contributed by atoms with Gasteiger partial charge in [-0.2, -0.15) is 0 Å². The highest BCUT2D eigenvalue weighted by molar-refractivity contribution is 7.80. The van der Waals surface area contributed by atoms with E-state index in [1.165, 1.54) is 6.92 Å². The maximum atomic E-state index is 11.3. The van der Waals surface area contributed by atoms with E-state index < -0.39 is 0 Å². The number of nitrogens with one attached hydrogen (secondary N) is 2. The zero-order chi connectivity index (χ0) is 15.2. The first kappa shape index (κ1) is 15.0. The van der Waals surface area contributed by atoms with E-state index in [0.29, 0.717) is 5.11 Å². The fourth-order valence-electron chi connectivity index (χ4n) is 1.77. The number of carbonyl (C=O) groups excluding carboxylic acids is 1. The number of hydrogen-bond acceptors (Lipinski definition) is 2. The van der Waals surface area contributed by atoms with Gasteiger partial charge in [0.1, 0.15) is 0 Å². The van der Waals surface area contributed by atoms with Crippen molar-refractivity contribution in [3.05, 3.63) is 54.6 Å². The monoisotopic (exact) mass is 299 g/mol. The third kappa shape index (κ3) is 4.29. The normalized spacial score (nSPS) is 9.81. The molecule has 21 heavy (non-hydrogen) atoms. The van der Waals surface area contributed by atoms with Crippen molar-refractivity contribution in [3.63, 3.8) is 0 Å². The molecule has 0 aliphatic rings. The van der Waals surface area contributed by atoms with Crippen molar-refractivity contribution in [2.75, 3.05) is 22.6 Å². The van der Waals surface area contributed by atoms with E-state index in [-0.39, 0.29) is 5.91 Å². The number of para-hydroxylation sites is 1. The number of amides is 1. The Bertz CT molecular complexity index is 626. The molecule has 0 atom stereocenters. The van der Waals surface area contributed by atoms with Gasteiger partial charge in [-0.1, -0.05) is 18.2 Å². The molecule has 0 aromatic heterocycles. The molecule has 0 aliphatic carbocycles. The molecule has 0 bridgehead atoms. The smallest absolute Gasteiger partial charge is 0.223 e. The predicted octanol–water partition coefficient (Wildman–Crippen LogP) is 3.48. The van der Waals surface area contributed by atoms with Gasteiger partial charge < -0.3 is 15.5 Å². The first-order valence-corrected chi connectivity index (χ1v) is 6.94. The molecule has 1 amide bonds. The first-order chi connectivity index (χ1) is 10.1. The van der Waals surface area contributed by atoms with Crippen LogP contribution in [0.15, 0.2) is 54.6 Å². The Hall–Kier alpha value is -2.40. The minimum atomic E-state index is -0.00280. The highest BCUT2D eigenvalue weighted by Gasteiger charge is 2.05. The van der Waals surface area contributed by atoms with Crippen LogP contribution in [0, 0.1) is 0 Å². The summed E-state index contributed by atoms with van der Waals surface area (Å²) in [5.41, 5.74) is 2.64. The molecule has 0 fully saturated rings. The zero-order valence-electron chi connectivity index (χ0n) is 12.0. The number of benzene rings is 2. The van der Waals surface area contributed by atoms with Crippen LogP contribution >= 0.6 is 12.2 Å². The van der Waals surface area contributed by atoms with Crippen LogP contribution in [0.25, 0.3) is 0 Å². The lowest BCUT2D eigenvalue weighted by molar-refractivity contribution is -0.116. The van der Waals surface area contributed by atoms with E-state index in [2.05, 4.69) is 10.6 Å². The summed E-state index contributed by atoms with van der Waals surface area (Å²) in [5, 5.41) is 6.73. The Balaban J connectivity index is 1.97. The fourth-order valence-corrected chi connectivity index (χ4v) is 2.00. The van der Waals surface area contributed by atoms with Crippen molar-refractivity contribution < 1.29 is 4.79 Å². The van der Waals surface area contributed by atoms with E-state index in [9.17, 15) is 4.79 Å². The van der Waals surface area contributed by atoms with Crippen LogP contribution < -0.4 is 15.5 Å². The van der Waals surface area contributed by atoms with Crippen molar-refractivity contribution in [2.24, 2.45) is 0 Å². The molecular weight excluding hydrogens is 282 g/mol. The Kier molecular flexibility index (Phi) is 4.90. The largest absolute Gasteiger partial charge is 0.332 e. The Labute approximate surface area is 129 Å². The van der Waals surface area contributed by atoms with E-state index in [1.807, 2.05) is 54.6 Å². The molecule has 4 nitrogen and oxygen atoms in total. The van der Waals surface area contributed by atoms with Crippen LogP contribution in [0.5, 0.6) is 0 Å². The summed E-state index contributed by atoms with van der Waals surface area (Å²) in [5.74, 6) is -0.00280. The minimum absolute atomic E-state index is 0.00280. The van der Waals surface area contributed by atoms with Crippen LogP contribution in [-0.4, -0.2) is 18.1 Å². The average molecular weight is 299 g/mol. The van der Waals surface area contributed by atoms with Crippen LogP contribution in [0.2, 0.25) is 0 Å². The molecule has 0 saturated heterocycles. The summed E-state index contributed by atoms with van der Waals surface area (Å²) < 4.78 is 0. The average Bonchev–Trinajstić information content (AvgIpc) is 2.48. The first-order valence-electron chi connectivity index (χ1n) is 6.53. The molecule has 108 valence electrons. The molecule has 0 spiro atoms. The van der Waals surface area contributed by atoms with Gasteiger partial charge in [0.05, 0.1) is 0 Å². The summed E-state index contributed by atoms with van der Waals surface area (Å²) >= 11 is 5.26. The van der Waals surface area contributed by atoms with Crippen LogP contribution in [0.3, 0.4) is 0 Å². The topological polar surface area (TPSA) is 44.4 Å². The maximum Gasteiger partial charge on any atom is 0.223 e. The van der Waals surface area contributed by atoms with E-state index in [4.69, 9.17) is 12.2 Å². The van der Waals surface area contributed by atoms with Crippen LogP contribution in [0.4, 0.5) is 17.1 Å². The van der Waals surface area contributed by atoms with Gasteiger partial charge in [0.25, 0.3) is 0 Å². The second-order valence-electron chi connectivity index (χ2n) is 4.57. The van der Waals surface area contributed by atoms with Crippen molar-refractivity contribution in [2.45, 2.75) is 6.92 Å². The molecular formula is C16H17N3OS. The second-order valence-corrected chi connectivity index (χ2v) is 4.98. The molecule has 5 heteroatoms. The third-order valence-corrected chi connectivity index (χ3v) is 3.22. The Morgan fingerprint density at radius 3 is 2.00 bits per heavy atom. The SMILES string of the molecule is CC(=O)N(C)c1ccc(NC(=S)Nc2ccccc2)cc1. The van der Waals surface area contributed by atoms with Gasteiger partial charge in [0, 0.05) is 31.0 Å². The fraction of sp³-hybridized carbons (Fsp3) is 0.125. The molecule has 2 N–H and O–H groups in total. The van der Waals surface area contributed by atoms with Crippen molar-refractivity contribution in [1.29, 1.82) is 0 Å². The molecule has 2 aromatic carbocycles. The van der Waals surface area contributed by atoms with Gasteiger partial charge in [-0.3, -0.25) is 4.79 Å². The summed E-state index contributed by atoms with van der Waals surface area (Å²) in [6.45, 7) is 1.53. The van der Waals surface area contributed by atoms with Gasteiger partial charge in [0.2, 0.25) is 5.91 Å². The standard InChI is InChI=1S/C16H17N3OS/c1-12(20)19(2)15-10-8-14(9-11-15)18-16(21)17-13-6-4-3-5-7-13/h3-11H,1-2H3,(H2,17,18,21). The number of thiocarbonyl (C=S) groups is 1. The number of rotatable bonds is 3. The third-order valence-electron chi connectivity index (χ3n) is 3.02. The summed E-state index contributed by atoms with van der Waals surface area (Å²) in [6.07, 6.45) is 0. The van der Waals surface area contributed by atoms with Crippen LogP contribution in [-0.2, 0) is 4.79 Å². The van der Waals surface area contributed by atoms with E-state index >= 15 is 0 Å². The Morgan fingerprint density at radius 2 is 1.48 bits per heavy atom. The van der Waals surface area contributed by atoms with E-state index in [0.717, 1.165) is 17.1 Å². The lowest BCUT2D eigenvalue weighted by atomic mass is 10.2.